The Balaban J connectivity index is 2.02. The molecule has 19 heavy (non-hydrogen) atoms. The Hall–Kier alpha value is -1.56. The number of thiazole rings is 1. The van der Waals surface area contributed by atoms with Crippen molar-refractivity contribution in [3.63, 3.8) is 0 Å². The molecule has 2 aromatic rings. The van der Waals surface area contributed by atoms with Gasteiger partial charge < -0.3 is 10.6 Å². The number of hydrogen-bond acceptors (Lipinski definition) is 3. The Morgan fingerprint density at radius 2 is 2.37 bits per heavy atom. The summed E-state index contributed by atoms with van der Waals surface area (Å²) in [6.07, 6.45) is 5.12. The van der Waals surface area contributed by atoms with E-state index in [1.807, 2.05) is 22.2 Å². The van der Waals surface area contributed by atoms with Crippen molar-refractivity contribution < 1.29 is 0 Å². The van der Waals surface area contributed by atoms with Crippen LogP contribution in [0.4, 0.5) is 0 Å². The normalized spacial score (nSPS) is 13.7. The Labute approximate surface area is 117 Å². The van der Waals surface area contributed by atoms with Gasteiger partial charge in [-0.15, -0.1) is 11.3 Å². The third-order valence-electron chi connectivity index (χ3n) is 2.88. The van der Waals surface area contributed by atoms with E-state index in [2.05, 4.69) is 41.4 Å². The molecule has 0 aliphatic carbocycles. The van der Waals surface area contributed by atoms with E-state index in [0.29, 0.717) is 12.6 Å². The van der Waals surface area contributed by atoms with Crippen molar-refractivity contribution in [2.24, 2.45) is 4.99 Å². The van der Waals surface area contributed by atoms with Gasteiger partial charge in [0.15, 0.2) is 10.9 Å². The van der Waals surface area contributed by atoms with E-state index < -0.39 is 0 Å². The number of nitrogens with zero attached hydrogens (tertiary/aromatic N) is 3. The molecule has 0 aromatic carbocycles. The number of nitrogens with one attached hydrogen (secondary N) is 2. The summed E-state index contributed by atoms with van der Waals surface area (Å²) in [5, 5.41) is 8.66. The summed E-state index contributed by atoms with van der Waals surface area (Å²) < 4.78 is 2.03. The summed E-state index contributed by atoms with van der Waals surface area (Å²) in [5.41, 5.74) is 0.994. The fourth-order valence-electron chi connectivity index (χ4n) is 1.67. The minimum Gasteiger partial charge on any atom is -0.357 e. The first-order valence-electron chi connectivity index (χ1n) is 6.68. The predicted octanol–water partition coefficient (Wildman–Crippen LogP) is 2.25. The smallest absolute Gasteiger partial charge is 0.193 e. The minimum absolute atomic E-state index is 0.420. The van der Waals surface area contributed by atoms with Crippen molar-refractivity contribution >= 4 is 22.3 Å². The van der Waals surface area contributed by atoms with E-state index in [0.717, 1.165) is 29.6 Å². The van der Waals surface area contributed by atoms with E-state index in [9.17, 15) is 0 Å². The second-order valence-electron chi connectivity index (χ2n) is 4.47. The third-order valence-corrected chi connectivity index (χ3v) is 3.65. The average Bonchev–Trinajstić information content (AvgIpc) is 2.96. The zero-order valence-electron chi connectivity index (χ0n) is 11.7. The molecule has 104 valence electrons. The largest absolute Gasteiger partial charge is 0.357 e. The molecule has 0 aliphatic heterocycles. The standard InChI is InChI=1S/C13H21N5S/c1-4-10(3)16-12(14-5-2)15-8-11-9-18-6-7-19-13(18)17-11/h6-7,9-10H,4-5,8H2,1-3H3,(H2,14,15,16). The van der Waals surface area contributed by atoms with Gasteiger partial charge in [0.25, 0.3) is 0 Å². The molecule has 2 N–H and O–H groups in total. The van der Waals surface area contributed by atoms with Gasteiger partial charge in [0.2, 0.25) is 0 Å². The van der Waals surface area contributed by atoms with Gasteiger partial charge in [0.1, 0.15) is 0 Å². The highest BCUT2D eigenvalue weighted by molar-refractivity contribution is 7.15. The fraction of sp³-hybridized carbons (Fsp3) is 0.538. The number of rotatable bonds is 5. The Bertz CT molecular complexity index is 513. The lowest BCUT2D eigenvalue weighted by molar-refractivity contribution is 0.624. The monoisotopic (exact) mass is 279 g/mol. The molecule has 1 unspecified atom stereocenters. The Morgan fingerprint density at radius 3 is 3.05 bits per heavy atom. The molecule has 0 aliphatic rings. The zero-order chi connectivity index (χ0) is 13.7. The molecule has 5 nitrogen and oxygen atoms in total. The van der Waals surface area contributed by atoms with E-state index in [1.165, 1.54) is 0 Å². The summed E-state index contributed by atoms with van der Waals surface area (Å²) >= 11 is 1.64. The van der Waals surface area contributed by atoms with E-state index >= 15 is 0 Å². The lowest BCUT2D eigenvalue weighted by Crippen LogP contribution is -2.41. The molecule has 1 atom stereocenters. The van der Waals surface area contributed by atoms with E-state index in [-0.39, 0.29) is 0 Å². The molecule has 0 saturated carbocycles. The second-order valence-corrected chi connectivity index (χ2v) is 5.35. The lowest BCUT2D eigenvalue weighted by Gasteiger charge is -2.15. The number of imidazole rings is 1. The zero-order valence-corrected chi connectivity index (χ0v) is 12.5. The number of hydrogen-bond donors (Lipinski definition) is 2. The van der Waals surface area contributed by atoms with Crippen LogP contribution in [-0.2, 0) is 6.54 Å². The van der Waals surface area contributed by atoms with Gasteiger partial charge in [0, 0.05) is 30.4 Å². The highest BCUT2D eigenvalue weighted by Gasteiger charge is 2.04. The highest BCUT2D eigenvalue weighted by Crippen LogP contribution is 2.11. The number of guanidine groups is 1. The molecular formula is C13H21N5S. The molecule has 2 rings (SSSR count). The van der Waals surface area contributed by atoms with Gasteiger partial charge in [-0.2, -0.15) is 0 Å². The van der Waals surface area contributed by atoms with Crippen LogP contribution in [-0.4, -0.2) is 27.9 Å². The lowest BCUT2D eigenvalue weighted by atomic mass is 10.3. The van der Waals surface area contributed by atoms with E-state index in [1.54, 1.807) is 11.3 Å². The van der Waals surface area contributed by atoms with Crippen LogP contribution >= 0.6 is 11.3 Å². The molecule has 0 radical (unpaired) electrons. The van der Waals surface area contributed by atoms with Crippen molar-refractivity contribution in [3.8, 4) is 0 Å². The SMILES string of the molecule is CCNC(=NCc1cn2ccsc2n1)NC(C)CC. The Morgan fingerprint density at radius 1 is 1.53 bits per heavy atom. The second kappa shape index (κ2) is 6.56. The maximum atomic E-state index is 4.57. The first-order valence-corrected chi connectivity index (χ1v) is 7.56. The van der Waals surface area contributed by atoms with E-state index in [4.69, 9.17) is 0 Å². The molecular weight excluding hydrogens is 258 g/mol. The summed E-state index contributed by atoms with van der Waals surface area (Å²) in [6, 6.07) is 0.420. The summed E-state index contributed by atoms with van der Waals surface area (Å²) in [5.74, 6) is 0.855. The van der Waals surface area contributed by atoms with Crippen molar-refractivity contribution in [1.82, 2.24) is 20.0 Å². The van der Waals surface area contributed by atoms with Crippen molar-refractivity contribution in [1.29, 1.82) is 0 Å². The topological polar surface area (TPSA) is 53.7 Å². The van der Waals surface area contributed by atoms with Gasteiger partial charge in [-0.1, -0.05) is 6.92 Å². The molecule has 0 spiro atoms. The summed E-state index contributed by atoms with van der Waals surface area (Å²) in [6.45, 7) is 7.84. The number of fused-ring (bicyclic) bond motifs is 1. The highest BCUT2D eigenvalue weighted by atomic mass is 32.1. The van der Waals surface area contributed by atoms with Crippen molar-refractivity contribution in [2.75, 3.05) is 6.54 Å². The summed E-state index contributed by atoms with van der Waals surface area (Å²) in [4.78, 5) is 10.1. The van der Waals surface area contributed by atoms with Crippen LogP contribution in [0, 0.1) is 0 Å². The molecule has 0 bridgehead atoms. The number of aliphatic imine (C=N–C) groups is 1. The van der Waals surface area contributed by atoms with Gasteiger partial charge in [0.05, 0.1) is 12.2 Å². The third kappa shape index (κ3) is 3.70. The molecule has 2 heterocycles. The fourth-order valence-corrected chi connectivity index (χ4v) is 2.39. The first kappa shape index (κ1) is 13.9. The maximum Gasteiger partial charge on any atom is 0.193 e. The molecule has 0 fully saturated rings. The quantitative estimate of drug-likeness (QED) is 0.652. The summed E-state index contributed by atoms with van der Waals surface area (Å²) in [7, 11) is 0. The van der Waals surface area contributed by atoms with Crippen LogP contribution in [0.5, 0.6) is 0 Å². The minimum atomic E-state index is 0.420. The van der Waals surface area contributed by atoms with Crippen LogP contribution in [0.25, 0.3) is 4.96 Å². The maximum absolute atomic E-state index is 4.57. The predicted molar refractivity (Wildman–Crippen MR) is 80.8 cm³/mol. The van der Waals surface area contributed by atoms with Crippen molar-refractivity contribution in [3.05, 3.63) is 23.5 Å². The van der Waals surface area contributed by atoms with Crippen LogP contribution < -0.4 is 10.6 Å². The first-order chi connectivity index (χ1) is 9.22. The Kier molecular flexibility index (Phi) is 4.79. The van der Waals surface area contributed by atoms with Crippen LogP contribution in [0.2, 0.25) is 0 Å². The van der Waals surface area contributed by atoms with Gasteiger partial charge in [-0.05, 0) is 20.3 Å². The average molecular weight is 279 g/mol. The van der Waals surface area contributed by atoms with Crippen LogP contribution in [0.15, 0.2) is 22.8 Å². The van der Waals surface area contributed by atoms with Gasteiger partial charge in [-0.3, -0.25) is 4.40 Å². The van der Waals surface area contributed by atoms with Gasteiger partial charge >= 0.3 is 0 Å². The van der Waals surface area contributed by atoms with Crippen molar-refractivity contribution in [2.45, 2.75) is 39.8 Å². The van der Waals surface area contributed by atoms with Gasteiger partial charge in [-0.25, -0.2) is 9.98 Å². The molecule has 0 amide bonds. The molecule has 0 saturated heterocycles. The van der Waals surface area contributed by atoms with Crippen LogP contribution in [0.3, 0.4) is 0 Å². The number of aromatic nitrogens is 2. The van der Waals surface area contributed by atoms with Crippen LogP contribution in [0.1, 0.15) is 32.9 Å². The molecule has 6 heteroatoms. The molecule has 2 aromatic heterocycles.